The van der Waals surface area contributed by atoms with E-state index in [-0.39, 0.29) is 5.91 Å². The molecule has 3 rings (SSSR count). The summed E-state index contributed by atoms with van der Waals surface area (Å²) < 4.78 is 0. The minimum atomic E-state index is -0.0651. The molecule has 4 N–H and O–H groups in total. The van der Waals surface area contributed by atoms with E-state index in [1.165, 1.54) is 22.0 Å². The lowest BCUT2D eigenvalue weighted by atomic mass is 10.1. The quantitative estimate of drug-likeness (QED) is 0.369. The smallest absolute Gasteiger partial charge is 0.251 e. The second-order valence-corrected chi connectivity index (χ2v) is 7.07. The number of benzene rings is 2. The lowest BCUT2D eigenvalue weighted by Crippen LogP contribution is -2.39. The number of aryl methyl sites for hydroxylation is 1. The van der Waals surface area contributed by atoms with Gasteiger partial charge in [-0.2, -0.15) is 0 Å². The fraction of sp³-hybridized carbons (Fsp3) is 0.304. The Kier molecular flexibility index (Phi) is 6.89. The molecule has 3 aromatic rings. The zero-order valence-corrected chi connectivity index (χ0v) is 17.3. The molecule has 2 aromatic carbocycles. The van der Waals surface area contributed by atoms with Crippen LogP contribution in [0.5, 0.6) is 0 Å². The molecule has 1 heterocycles. The average Bonchev–Trinajstić information content (AvgIpc) is 3.14. The van der Waals surface area contributed by atoms with Gasteiger partial charge in [0.1, 0.15) is 0 Å². The number of nitrogens with zero attached hydrogens (tertiary/aromatic N) is 1. The highest BCUT2D eigenvalue weighted by Gasteiger charge is 2.06. The van der Waals surface area contributed by atoms with Crippen molar-refractivity contribution in [2.75, 3.05) is 27.2 Å². The highest BCUT2D eigenvalue weighted by Crippen LogP contribution is 2.19. The maximum absolute atomic E-state index is 11.7. The van der Waals surface area contributed by atoms with Crippen LogP contribution < -0.4 is 16.0 Å². The Hall–Kier alpha value is -3.28. The van der Waals surface area contributed by atoms with Gasteiger partial charge in [-0.3, -0.25) is 9.79 Å². The van der Waals surface area contributed by atoms with Crippen LogP contribution in [0.2, 0.25) is 0 Å². The molecule has 29 heavy (non-hydrogen) atoms. The van der Waals surface area contributed by atoms with Crippen molar-refractivity contribution in [1.29, 1.82) is 0 Å². The molecule has 0 aliphatic carbocycles. The van der Waals surface area contributed by atoms with E-state index < -0.39 is 0 Å². The van der Waals surface area contributed by atoms with E-state index in [2.05, 4.69) is 57.2 Å². The maximum atomic E-state index is 11.7. The van der Waals surface area contributed by atoms with E-state index >= 15 is 0 Å². The number of nitrogens with one attached hydrogen (secondary N) is 4. The highest BCUT2D eigenvalue weighted by molar-refractivity contribution is 5.94. The molecule has 0 aliphatic rings. The number of carbonyl (C=O) groups is 1. The van der Waals surface area contributed by atoms with E-state index in [9.17, 15) is 4.79 Å². The second kappa shape index (κ2) is 9.78. The van der Waals surface area contributed by atoms with Crippen molar-refractivity contribution >= 4 is 22.8 Å². The van der Waals surface area contributed by atoms with Crippen LogP contribution in [0.1, 0.15) is 27.0 Å². The molecular formula is C23H29N5O. The number of carbonyl (C=O) groups excluding carboxylic acids is 1. The number of rotatable bonds is 7. The van der Waals surface area contributed by atoms with Crippen molar-refractivity contribution in [3.05, 3.63) is 70.9 Å². The van der Waals surface area contributed by atoms with Crippen molar-refractivity contribution < 1.29 is 4.79 Å². The summed E-state index contributed by atoms with van der Waals surface area (Å²) in [5.41, 5.74) is 5.54. The summed E-state index contributed by atoms with van der Waals surface area (Å²) in [6, 6.07) is 14.2. The largest absolute Gasteiger partial charge is 0.361 e. The topological polar surface area (TPSA) is 81.3 Å². The second-order valence-electron chi connectivity index (χ2n) is 7.07. The average molecular weight is 392 g/mol. The summed E-state index contributed by atoms with van der Waals surface area (Å²) >= 11 is 0. The Balaban J connectivity index is 1.47. The van der Waals surface area contributed by atoms with Crippen LogP contribution in [0.4, 0.5) is 0 Å². The Labute approximate surface area is 171 Å². The van der Waals surface area contributed by atoms with Gasteiger partial charge < -0.3 is 20.9 Å². The van der Waals surface area contributed by atoms with Gasteiger partial charge in [0.15, 0.2) is 5.96 Å². The maximum Gasteiger partial charge on any atom is 0.251 e. The van der Waals surface area contributed by atoms with Gasteiger partial charge in [-0.25, -0.2) is 0 Å². The number of fused-ring (bicyclic) bond motifs is 1. The van der Waals surface area contributed by atoms with Crippen LogP contribution in [-0.4, -0.2) is 44.0 Å². The lowest BCUT2D eigenvalue weighted by Gasteiger charge is -2.12. The lowest BCUT2D eigenvalue weighted by molar-refractivity contribution is 0.0963. The standard InChI is InChI=1S/C23H29N5O/c1-16-7-8-20-19(15-28-21(20)13-16)10-12-27-23(25-3)26-11-9-17-5-4-6-18(14-17)22(29)24-2/h4-8,13-15,28H,9-12H2,1-3H3,(H,24,29)(H2,25,26,27). The number of amides is 1. The zero-order valence-electron chi connectivity index (χ0n) is 17.3. The van der Waals surface area contributed by atoms with Crippen LogP contribution >= 0.6 is 0 Å². The Morgan fingerprint density at radius 3 is 2.62 bits per heavy atom. The molecule has 1 aromatic heterocycles. The number of H-pyrrole nitrogens is 1. The van der Waals surface area contributed by atoms with Crippen molar-refractivity contribution in [3.63, 3.8) is 0 Å². The van der Waals surface area contributed by atoms with Gasteiger partial charge in [0.25, 0.3) is 5.91 Å². The van der Waals surface area contributed by atoms with E-state index in [1.54, 1.807) is 14.1 Å². The van der Waals surface area contributed by atoms with Gasteiger partial charge in [0.05, 0.1) is 0 Å². The van der Waals surface area contributed by atoms with Crippen molar-refractivity contribution in [1.82, 2.24) is 20.9 Å². The first kappa shape index (κ1) is 20.5. The third-order valence-corrected chi connectivity index (χ3v) is 4.96. The molecule has 0 aliphatic heterocycles. The van der Waals surface area contributed by atoms with Gasteiger partial charge in [-0.05, 0) is 54.7 Å². The van der Waals surface area contributed by atoms with Gasteiger partial charge in [-0.1, -0.05) is 24.3 Å². The normalized spacial score (nSPS) is 11.5. The van der Waals surface area contributed by atoms with Gasteiger partial charge >= 0.3 is 0 Å². The monoisotopic (exact) mass is 391 g/mol. The molecule has 0 fully saturated rings. The van der Waals surface area contributed by atoms with Crippen molar-refractivity contribution in [2.24, 2.45) is 4.99 Å². The summed E-state index contributed by atoms with van der Waals surface area (Å²) in [6.07, 6.45) is 3.81. The zero-order chi connectivity index (χ0) is 20.6. The predicted octanol–water partition coefficient (Wildman–Crippen LogP) is 2.79. The van der Waals surface area contributed by atoms with Gasteiger partial charge in [0, 0.05) is 49.8 Å². The van der Waals surface area contributed by atoms with Gasteiger partial charge in [-0.15, -0.1) is 0 Å². The fourth-order valence-electron chi connectivity index (χ4n) is 3.38. The van der Waals surface area contributed by atoms with Crippen LogP contribution in [0.3, 0.4) is 0 Å². The number of hydrogen-bond acceptors (Lipinski definition) is 2. The Morgan fingerprint density at radius 2 is 1.86 bits per heavy atom. The Morgan fingerprint density at radius 1 is 1.07 bits per heavy atom. The molecule has 0 bridgehead atoms. The molecular weight excluding hydrogens is 362 g/mol. The number of aliphatic imine (C=N–C) groups is 1. The summed E-state index contributed by atoms with van der Waals surface area (Å²) in [5.74, 6) is 0.716. The fourth-order valence-corrected chi connectivity index (χ4v) is 3.38. The van der Waals surface area contributed by atoms with Crippen LogP contribution in [0.15, 0.2) is 53.7 Å². The number of guanidine groups is 1. The summed E-state index contributed by atoms with van der Waals surface area (Å²) in [6.45, 7) is 3.64. The Bertz CT molecular complexity index is 1010. The first-order chi connectivity index (χ1) is 14.1. The SMILES string of the molecule is CN=C(NCCc1cccc(C(=O)NC)c1)NCCc1c[nH]c2cc(C)ccc12. The van der Waals surface area contributed by atoms with Crippen LogP contribution in [0.25, 0.3) is 10.9 Å². The molecule has 0 radical (unpaired) electrons. The first-order valence-corrected chi connectivity index (χ1v) is 9.93. The minimum absolute atomic E-state index is 0.0651. The van der Waals surface area contributed by atoms with E-state index in [0.29, 0.717) is 5.56 Å². The third kappa shape index (κ3) is 5.38. The molecule has 1 amide bonds. The van der Waals surface area contributed by atoms with Gasteiger partial charge in [0.2, 0.25) is 0 Å². The minimum Gasteiger partial charge on any atom is -0.361 e. The molecule has 152 valence electrons. The molecule has 0 spiro atoms. The summed E-state index contributed by atoms with van der Waals surface area (Å²) in [4.78, 5) is 19.4. The molecule has 0 unspecified atom stereocenters. The van der Waals surface area contributed by atoms with Crippen LogP contribution in [0, 0.1) is 6.92 Å². The molecule has 0 saturated heterocycles. The predicted molar refractivity (Wildman–Crippen MR) is 120 cm³/mol. The number of aromatic amines is 1. The number of hydrogen-bond donors (Lipinski definition) is 4. The highest BCUT2D eigenvalue weighted by atomic mass is 16.1. The summed E-state index contributed by atoms with van der Waals surface area (Å²) in [5, 5.41) is 10.6. The van der Waals surface area contributed by atoms with Crippen molar-refractivity contribution in [3.8, 4) is 0 Å². The summed E-state index contributed by atoms with van der Waals surface area (Å²) in [7, 11) is 3.42. The third-order valence-electron chi connectivity index (χ3n) is 4.96. The number of aromatic nitrogens is 1. The van der Waals surface area contributed by atoms with Crippen molar-refractivity contribution in [2.45, 2.75) is 19.8 Å². The molecule has 0 atom stereocenters. The first-order valence-electron chi connectivity index (χ1n) is 9.93. The molecule has 0 saturated carbocycles. The molecule has 6 nitrogen and oxygen atoms in total. The van der Waals surface area contributed by atoms with E-state index in [4.69, 9.17) is 0 Å². The van der Waals surface area contributed by atoms with Crippen LogP contribution in [-0.2, 0) is 12.8 Å². The molecule has 6 heteroatoms. The van der Waals surface area contributed by atoms with E-state index in [1.807, 2.05) is 24.3 Å². The van der Waals surface area contributed by atoms with E-state index in [0.717, 1.165) is 37.5 Å².